The molecule has 0 aromatic carbocycles. The van der Waals surface area contributed by atoms with E-state index in [0.29, 0.717) is 25.4 Å². The zero-order chi connectivity index (χ0) is 17.0. The third-order valence-corrected chi connectivity index (χ3v) is 3.28. The van der Waals surface area contributed by atoms with E-state index in [-0.39, 0.29) is 12.0 Å². The molecule has 0 fully saturated rings. The van der Waals surface area contributed by atoms with Gasteiger partial charge in [0.25, 0.3) is 0 Å². The summed E-state index contributed by atoms with van der Waals surface area (Å²) in [7, 11) is 3.53. The lowest BCUT2D eigenvalue weighted by atomic mass is 10.0. The Morgan fingerprint density at radius 3 is 2.41 bits per heavy atom. The van der Waals surface area contributed by atoms with Crippen LogP contribution in [0.15, 0.2) is 4.99 Å². The van der Waals surface area contributed by atoms with E-state index in [1.165, 1.54) is 0 Å². The normalized spacial score (nSPS) is 13.1. The second-order valence-corrected chi connectivity index (χ2v) is 5.75. The van der Waals surface area contributed by atoms with Gasteiger partial charge < -0.3 is 20.3 Å². The molecule has 22 heavy (non-hydrogen) atoms. The number of rotatable bonds is 10. The quantitative estimate of drug-likeness (QED) is 0.473. The molecule has 0 bridgehead atoms. The Hall–Kier alpha value is -1.30. The Bertz CT molecular complexity index is 330. The highest BCUT2D eigenvalue weighted by atomic mass is 16.5. The standard InChI is InChI=1S/C16H34N4O2/c1-7-17-16(19-12-10-15(21)20(5)6)18-11-9-14(13(3)4)22-8-2/h13-14H,7-12H2,1-6H3,(H2,17,18,19). The highest BCUT2D eigenvalue weighted by Crippen LogP contribution is 2.10. The Kier molecular flexibility index (Phi) is 11.5. The number of ether oxygens (including phenoxy) is 1. The summed E-state index contributed by atoms with van der Waals surface area (Å²) in [5, 5.41) is 6.39. The van der Waals surface area contributed by atoms with Crippen LogP contribution in [-0.2, 0) is 9.53 Å². The fourth-order valence-corrected chi connectivity index (χ4v) is 1.98. The lowest BCUT2D eigenvalue weighted by Gasteiger charge is -2.20. The largest absolute Gasteiger partial charge is 0.378 e. The molecule has 0 rings (SSSR count). The molecule has 6 nitrogen and oxygen atoms in total. The van der Waals surface area contributed by atoms with Gasteiger partial charge in [-0.15, -0.1) is 0 Å². The average molecular weight is 314 g/mol. The number of nitrogens with one attached hydrogen (secondary N) is 2. The molecule has 0 saturated carbocycles. The van der Waals surface area contributed by atoms with Crippen LogP contribution < -0.4 is 10.6 Å². The highest BCUT2D eigenvalue weighted by molar-refractivity contribution is 5.81. The molecule has 0 aromatic rings. The fraction of sp³-hybridized carbons (Fsp3) is 0.875. The van der Waals surface area contributed by atoms with Crippen molar-refractivity contribution in [1.82, 2.24) is 15.5 Å². The van der Waals surface area contributed by atoms with Gasteiger partial charge in [-0.2, -0.15) is 0 Å². The molecule has 0 aromatic heterocycles. The maximum Gasteiger partial charge on any atom is 0.223 e. The lowest BCUT2D eigenvalue weighted by molar-refractivity contribution is -0.128. The van der Waals surface area contributed by atoms with Gasteiger partial charge in [-0.05, 0) is 26.2 Å². The Morgan fingerprint density at radius 2 is 1.91 bits per heavy atom. The number of carbonyl (C=O) groups is 1. The van der Waals surface area contributed by atoms with Gasteiger partial charge >= 0.3 is 0 Å². The minimum atomic E-state index is 0.111. The van der Waals surface area contributed by atoms with Gasteiger partial charge in [0.15, 0.2) is 5.96 Å². The zero-order valence-electron chi connectivity index (χ0n) is 15.1. The van der Waals surface area contributed by atoms with Gasteiger partial charge in [-0.1, -0.05) is 13.8 Å². The molecule has 1 amide bonds. The predicted molar refractivity (Wildman–Crippen MR) is 92.2 cm³/mol. The molecular weight excluding hydrogens is 280 g/mol. The smallest absolute Gasteiger partial charge is 0.223 e. The predicted octanol–water partition coefficient (Wildman–Crippen LogP) is 1.47. The van der Waals surface area contributed by atoms with Crippen LogP contribution in [0.3, 0.4) is 0 Å². The second-order valence-electron chi connectivity index (χ2n) is 5.75. The second kappa shape index (κ2) is 12.3. The molecule has 1 unspecified atom stereocenters. The van der Waals surface area contributed by atoms with E-state index in [9.17, 15) is 4.79 Å². The molecule has 6 heteroatoms. The van der Waals surface area contributed by atoms with Crippen LogP contribution in [0.4, 0.5) is 0 Å². The van der Waals surface area contributed by atoms with Crippen molar-refractivity contribution >= 4 is 11.9 Å². The molecule has 0 aliphatic carbocycles. The van der Waals surface area contributed by atoms with Crippen molar-refractivity contribution in [2.24, 2.45) is 10.9 Å². The van der Waals surface area contributed by atoms with Gasteiger partial charge in [0.05, 0.1) is 6.10 Å². The van der Waals surface area contributed by atoms with Crippen molar-refractivity contribution < 1.29 is 9.53 Å². The van der Waals surface area contributed by atoms with Crippen molar-refractivity contribution in [2.75, 3.05) is 40.3 Å². The molecular formula is C16H34N4O2. The van der Waals surface area contributed by atoms with Gasteiger partial charge in [-0.3, -0.25) is 9.79 Å². The lowest BCUT2D eigenvalue weighted by Crippen LogP contribution is -2.39. The summed E-state index contributed by atoms with van der Waals surface area (Å²) in [4.78, 5) is 17.7. The molecule has 1 atom stereocenters. The molecule has 0 aliphatic heterocycles. The number of aliphatic imine (C=N–C) groups is 1. The van der Waals surface area contributed by atoms with E-state index >= 15 is 0 Å². The summed E-state index contributed by atoms with van der Waals surface area (Å²) < 4.78 is 5.72. The van der Waals surface area contributed by atoms with Crippen molar-refractivity contribution in [1.29, 1.82) is 0 Å². The third kappa shape index (κ3) is 9.60. The third-order valence-electron chi connectivity index (χ3n) is 3.28. The topological polar surface area (TPSA) is 66.0 Å². The maximum absolute atomic E-state index is 11.5. The number of guanidine groups is 1. The molecule has 0 spiro atoms. The number of carbonyl (C=O) groups excluding carboxylic acids is 1. The van der Waals surface area contributed by atoms with Gasteiger partial charge in [0, 0.05) is 46.8 Å². The highest BCUT2D eigenvalue weighted by Gasteiger charge is 2.12. The zero-order valence-corrected chi connectivity index (χ0v) is 15.1. The van der Waals surface area contributed by atoms with E-state index < -0.39 is 0 Å². The van der Waals surface area contributed by atoms with Crippen molar-refractivity contribution in [3.8, 4) is 0 Å². The SMILES string of the molecule is CCNC(=NCCC(OCC)C(C)C)NCCC(=O)N(C)C. The molecule has 2 N–H and O–H groups in total. The minimum absolute atomic E-state index is 0.111. The summed E-state index contributed by atoms with van der Waals surface area (Å²) >= 11 is 0. The van der Waals surface area contributed by atoms with Crippen LogP contribution in [0, 0.1) is 5.92 Å². The number of nitrogens with zero attached hydrogens (tertiary/aromatic N) is 2. The van der Waals surface area contributed by atoms with Crippen LogP contribution in [0.5, 0.6) is 0 Å². The fourth-order valence-electron chi connectivity index (χ4n) is 1.98. The van der Waals surface area contributed by atoms with Crippen LogP contribution in [0.2, 0.25) is 0 Å². The molecule has 0 saturated heterocycles. The Balaban J connectivity index is 4.27. The van der Waals surface area contributed by atoms with E-state index in [0.717, 1.165) is 25.5 Å². The first kappa shape index (κ1) is 20.7. The maximum atomic E-state index is 11.5. The average Bonchev–Trinajstić information content (AvgIpc) is 2.45. The van der Waals surface area contributed by atoms with Crippen molar-refractivity contribution in [3.63, 3.8) is 0 Å². The van der Waals surface area contributed by atoms with E-state index in [1.54, 1.807) is 19.0 Å². The number of hydrogen-bond acceptors (Lipinski definition) is 3. The van der Waals surface area contributed by atoms with E-state index in [1.807, 2.05) is 13.8 Å². The van der Waals surface area contributed by atoms with E-state index in [2.05, 4.69) is 29.5 Å². The van der Waals surface area contributed by atoms with E-state index in [4.69, 9.17) is 4.74 Å². The Labute approximate surface area is 135 Å². The summed E-state index contributed by atoms with van der Waals surface area (Å²) in [5.41, 5.74) is 0. The Morgan fingerprint density at radius 1 is 1.23 bits per heavy atom. The van der Waals surface area contributed by atoms with Gasteiger partial charge in [-0.25, -0.2) is 0 Å². The first-order valence-electron chi connectivity index (χ1n) is 8.26. The van der Waals surface area contributed by atoms with Gasteiger partial charge in [0.1, 0.15) is 0 Å². The molecule has 0 radical (unpaired) electrons. The molecule has 0 aliphatic rings. The first-order chi connectivity index (χ1) is 10.4. The summed E-state index contributed by atoms with van der Waals surface area (Å²) in [6.07, 6.45) is 1.61. The van der Waals surface area contributed by atoms with Crippen molar-refractivity contribution in [3.05, 3.63) is 0 Å². The summed E-state index contributed by atoms with van der Waals surface area (Å²) in [5.74, 6) is 1.36. The first-order valence-corrected chi connectivity index (χ1v) is 8.26. The van der Waals surface area contributed by atoms with Crippen LogP contribution >= 0.6 is 0 Å². The number of amides is 1. The number of hydrogen-bond donors (Lipinski definition) is 2. The van der Waals surface area contributed by atoms with Crippen LogP contribution in [0.1, 0.15) is 40.5 Å². The van der Waals surface area contributed by atoms with Gasteiger partial charge in [0.2, 0.25) is 5.91 Å². The molecule has 130 valence electrons. The molecule has 0 heterocycles. The summed E-state index contributed by atoms with van der Waals surface area (Å²) in [6, 6.07) is 0. The van der Waals surface area contributed by atoms with Crippen LogP contribution in [-0.4, -0.2) is 63.2 Å². The monoisotopic (exact) mass is 314 g/mol. The van der Waals surface area contributed by atoms with Crippen molar-refractivity contribution in [2.45, 2.75) is 46.6 Å². The van der Waals surface area contributed by atoms with Crippen LogP contribution in [0.25, 0.3) is 0 Å². The summed E-state index contributed by atoms with van der Waals surface area (Å²) in [6.45, 7) is 11.2. The minimum Gasteiger partial charge on any atom is -0.378 e.